The molecule has 1 unspecified atom stereocenters. The first-order valence-electron chi connectivity index (χ1n) is 10.5. The van der Waals surface area contributed by atoms with E-state index >= 15 is 0 Å². The summed E-state index contributed by atoms with van der Waals surface area (Å²) in [6, 6.07) is 6.67. The average molecular weight is 438 g/mol. The van der Waals surface area contributed by atoms with Crippen molar-refractivity contribution in [3.05, 3.63) is 35.4 Å². The quantitative estimate of drug-likeness (QED) is 0.188. The predicted octanol–water partition coefficient (Wildman–Crippen LogP) is 2.12. The van der Waals surface area contributed by atoms with Crippen LogP contribution in [-0.4, -0.2) is 41.5 Å². The Balaban J connectivity index is 0.00000218. The number of hydrogen-bond donors (Lipinski definition) is 3. The number of carbonyl (C=O) groups is 2. The van der Waals surface area contributed by atoms with Crippen molar-refractivity contribution in [1.82, 2.24) is 9.99 Å². The highest BCUT2D eigenvalue weighted by Gasteiger charge is 2.20. The van der Waals surface area contributed by atoms with Gasteiger partial charge in [-0.05, 0) is 37.2 Å². The zero-order chi connectivity index (χ0) is 22.5. The number of amides is 1. The van der Waals surface area contributed by atoms with E-state index in [1.54, 1.807) is 12.1 Å². The topological polar surface area (TPSA) is 123 Å². The summed E-state index contributed by atoms with van der Waals surface area (Å²) < 4.78 is 2.25. The van der Waals surface area contributed by atoms with E-state index in [1.807, 2.05) is 26.0 Å². The number of rotatable bonds is 8. The van der Waals surface area contributed by atoms with Crippen LogP contribution in [0.1, 0.15) is 57.6 Å². The van der Waals surface area contributed by atoms with Gasteiger partial charge in [-0.15, -0.1) is 0 Å². The Morgan fingerprint density at radius 1 is 1.27 bits per heavy atom. The van der Waals surface area contributed by atoms with E-state index in [-0.39, 0.29) is 11.7 Å². The second-order valence-corrected chi connectivity index (χ2v) is 7.87. The Labute approximate surface area is 182 Å². The van der Waals surface area contributed by atoms with Gasteiger partial charge in [-0.2, -0.15) is 0 Å². The largest absolute Gasteiger partial charge is 0.380 e. The molecule has 5 N–H and O–H groups in total. The van der Waals surface area contributed by atoms with Crippen molar-refractivity contribution in [3.63, 3.8) is 0 Å². The van der Waals surface area contributed by atoms with Gasteiger partial charge >= 0.3 is 5.97 Å². The van der Waals surface area contributed by atoms with Crippen LogP contribution in [0.4, 0.5) is 0 Å². The standard InChI is InChI=1S/C19H30N5O3P.C2H6/c1-13(25)27-23-18(21)16-5-2-15(3-6-16)12-22-19(26)17(20)7-4-14-8-10-24(28)11-9-14;1-2/h2-3,5-6,14,17H,4,7-12,20,28H2,1H3,(H2,21,23)(H,22,26);1-2H3/t17-;/m0./s1. The third kappa shape index (κ3) is 9.65. The fraction of sp³-hybridized carbons (Fsp3) is 0.571. The third-order valence-electron chi connectivity index (χ3n) is 4.86. The van der Waals surface area contributed by atoms with Gasteiger partial charge in [0.15, 0.2) is 5.84 Å². The molecule has 0 radical (unpaired) electrons. The zero-order valence-corrected chi connectivity index (χ0v) is 19.4. The van der Waals surface area contributed by atoms with Gasteiger partial charge in [0.05, 0.1) is 6.04 Å². The first-order valence-corrected chi connectivity index (χ1v) is 11.0. The summed E-state index contributed by atoms with van der Waals surface area (Å²) in [5.74, 6) is 0.0968. The van der Waals surface area contributed by atoms with Crippen molar-refractivity contribution in [3.8, 4) is 0 Å². The van der Waals surface area contributed by atoms with Crippen molar-refractivity contribution in [1.29, 1.82) is 0 Å². The zero-order valence-electron chi connectivity index (χ0n) is 18.3. The van der Waals surface area contributed by atoms with Crippen molar-refractivity contribution < 1.29 is 14.4 Å². The van der Waals surface area contributed by atoms with Gasteiger partial charge in [0.25, 0.3) is 0 Å². The number of carbonyl (C=O) groups excluding carboxylic acids is 2. The molecule has 1 saturated heterocycles. The lowest BCUT2D eigenvalue weighted by Gasteiger charge is -2.29. The van der Waals surface area contributed by atoms with Crippen LogP contribution < -0.4 is 16.8 Å². The van der Waals surface area contributed by atoms with Crippen molar-refractivity contribution in [2.24, 2.45) is 22.5 Å². The predicted molar refractivity (Wildman–Crippen MR) is 123 cm³/mol. The molecule has 0 aromatic heterocycles. The molecule has 168 valence electrons. The van der Waals surface area contributed by atoms with E-state index in [0.717, 1.165) is 37.9 Å². The molecule has 0 saturated carbocycles. The minimum absolute atomic E-state index is 0.111. The summed E-state index contributed by atoms with van der Waals surface area (Å²) in [7, 11) is 2.74. The molecule has 1 aliphatic heterocycles. The Morgan fingerprint density at radius 3 is 2.43 bits per heavy atom. The summed E-state index contributed by atoms with van der Waals surface area (Å²) in [5.41, 5.74) is 13.3. The first-order chi connectivity index (χ1) is 14.3. The molecule has 8 nitrogen and oxygen atoms in total. The summed E-state index contributed by atoms with van der Waals surface area (Å²) in [4.78, 5) is 27.5. The Kier molecular flexibility index (Phi) is 12.2. The normalized spacial score (nSPS) is 16.2. The summed E-state index contributed by atoms with van der Waals surface area (Å²) in [6.07, 6.45) is 4.01. The van der Waals surface area contributed by atoms with Crippen LogP contribution in [0.3, 0.4) is 0 Å². The number of piperidine rings is 1. The Bertz CT molecular complexity index is 688. The van der Waals surface area contributed by atoms with Gasteiger partial charge in [0, 0.05) is 32.1 Å². The summed E-state index contributed by atoms with van der Waals surface area (Å²) in [5, 5.41) is 6.41. The maximum absolute atomic E-state index is 12.2. The van der Waals surface area contributed by atoms with Gasteiger partial charge in [0.1, 0.15) is 0 Å². The van der Waals surface area contributed by atoms with Gasteiger partial charge in [-0.25, -0.2) is 4.79 Å². The molecule has 0 bridgehead atoms. The molecule has 1 aromatic rings. The minimum Gasteiger partial charge on any atom is -0.380 e. The molecular formula is C21H36N5O3P. The number of oxime groups is 1. The van der Waals surface area contributed by atoms with Crippen LogP contribution in [0.2, 0.25) is 0 Å². The Hall–Kier alpha value is -2.02. The fourth-order valence-corrected chi connectivity index (χ4v) is 3.37. The van der Waals surface area contributed by atoms with Crippen LogP contribution >= 0.6 is 9.39 Å². The van der Waals surface area contributed by atoms with Crippen LogP contribution in [-0.2, 0) is 21.0 Å². The Morgan fingerprint density at radius 2 is 1.87 bits per heavy atom. The molecule has 0 spiro atoms. The molecule has 2 rings (SSSR count). The highest BCUT2D eigenvalue weighted by molar-refractivity contribution is 7.13. The highest BCUT2D eigenvalue weighted by Crippen LogP contribution is 2.23. The maximum Gasteiger partial charge on any atom is 0.332 e. The molecule has 0 aliphatic carbocycles. The number of hydrogen-bond acceptors (Lipinski definition) is 6. The van der Waals surface area contributed by atoms with Gasteiger partial charge in [-0.1, -0.05) is 52.7 Å². The van der Waals surface area contributed by atoms with E-state index in [1.165, 1.54) is 6.92 Å². The van der Waals surface area contributed by atoms with Crippen molar-refractivity contribution in [2.45, 2.75) is 59.0 Å². The minimum atomic E-state index is -0.534. The number of benzene rings is 1. The van der Waals surface area contributed by atoms with Crippen molar-refractivity contribution >= 4 is 27.1 Å². The average Bonchev–Trinajstić information content (AvgIpc) is 2.76. The van der Waals surface area contributed by atoms with E-state index in [9.17, 15) is 9.59 Å². The van der Waals surface area contributed by atoms with E-state index in [0.29, 0.717) is 24.4 Å². The highest BCUT2D eigenvalue weighted by atomic mass is 31.0. The monoisotopic (exact) mass is 437 g/mol. The first kappa shape index (κ1) is 26.0. The second kappa shape index (κ2) is 14.1. The van der Waals surface area contributed by atoms with E-state index in [4.69, 9.17) is 11.5 Å². The van der Waals surface area contributed by atoms with Crippen LogP contribution in [0.25, 0.3) is 0 Å². The molecular weight excluding hydrogens is 401 g/mol. The molecule has 1 aromatic carbocycles. The summed E-state index contributed by atoms with van der Waals surface area (Å²) >= 11 is 0. The molecule has 2 atom stereocenters. The summed E-state index contributed by atoms with van der Waals surface area (Å²) in [6.45, 7) is 7.81. The number of nitrogens with one attached hydrogen (secondary N) is 1. The maximum atomic E-state index is 12.2. The lowest BCUT2D eigenvalue weighted by atomic mass is 9.91. The number of nitrogens with two attached hydrogens (primary N) is 2. The van der Waals surface area contributed by atoms with Gasteiger partial charge in [0.2, 0.25) is 5.91 Å². The SMILES string of the molecule is CC.CC(=O)O/N=C(\N)c1ccc(CNC(=O)[C@@H](N)CCC2CCN(P)CC2)cc1. The fourth-order valence-electron chi connectivity index (χ4n) is 3.07. The smallest absolute Gasteiger partial charge is 0.332 e. The molecule has 1 heterocycles. The molecule has 1 fully saturated rings. The number of amidine groups is 1. The van der Waals surface area contributed by atoms with E-state index < -0.39 is 12.0 Å². The van der Waals surface area contributed by atoms with Crippen LogP contribution in [0.15, 0.2) is 29.4 Å². The molecule has 1 aliphatic rings. The molecule has 30 heavy (non-hydrogen) atoms. The lowest BCUT2D eigenvalue weighted by molar-refractivity contribution is -0.140. The lowest BCUT2D eigenvalue weighted by Crippen LogP contribution is -2.40. The van der Waals surface area contributed by atoms with E-state index in [2.05, 4.69) is 29.4 Å². The van der Waals surface area contributed by atoms with Gasteiger partial charge < -0.3 is 21.6 Å². The number of nitrogens with zero attached hydrogens (tertiary/aromatic N) is 2. The molecule has 9 heteroatoms. The molecule has 1 amide bonds. The van der Waals surface area contributed by atoms with Crippen LogP contribution in [0.5, 0.6) is 0 Å². The second-order valence-electron chi connectivity index (χ2n) is 7.14. The van der Waals surface area contributed by atoms with Crippen LogP contribution in [0, 0.1) is 5.92 Å². The van der Waals surface area contributed by atoms with Crippen molar-refractivity contribution in [2.75, 3.05) is 13.1 Å². The van der Waals surface area contributed by atoms with Gasteiger partial charge in [-0.3, -0.25) is 9.46 Å². The third-order valence-corrected chi connectivity index (χ3v) is 5.38.